The predicted octanol–water partition coefficient (Wildman–Crippen LogP) is 12.5. The molecule has 8 aliphatic rings. The van der Waals surface area contributed by atoms with Crippen LogP contribution < -0.4 is 0 Å². The molecule has 10 rings (SSSR count). The molecule has 0 radical (unpaired) electrons. The highest BCUT2D eigenvalue weighted by atomic mass is 32.3. The van der Waals surface area contributed by atoms with Gasteiger partial charge in [-0.2, -0.15) is 0 Å². The topological polar surface area (TPSA) is 47.1 Å². The zero-order chi connectivity index (χ0) is 36.9. The van der Waals surface area contributed by atoms with Crippen molar-refractivity contribution in [2.45, 2.75) is 11.3 Å². The van der Waals surface area contributed by atoms with Gasteiger partial charge in [-0.3, -0.25) is 19.6 Å². The van der Waals surface area contributed by atoms with Crippen LogP contribution in [-0.4, -0.2) is 82.9 Å². The third kappa shape index (κ3) is 5.39. The van der Waals surface area contributed by atoms with E-state index in [2.05, 4.69) is 68.9 Å². The highest BCUT2D eigenvalue weighted by Gasteiger charge is 2.81. The summed E-state index contributed by atoms with van der Waals surface area (Å²) in [6, 6.07) is 20.7. The van der Waals surface area contributed by atoms with Crippen LogP contribution in [0.1, 0.15) is 11.1 Å². The molecule has 0 saturated carbocycles. The SMILES string of the molecule is CSC1=C(SC)SC(=C2SC3=C(CN4C(=O)N5CC6=C(CN7C(=O)N(C3)C4(c3ccccc3)C75c3ccccc3)SC(=C3SC(SC)=C(SC)S3)S6)S2)S1. The van der Waals surface area contributed by atoms with Gasteiger partial charge >= 0.3 is 12.1 Å². The van der Waals surface area contributed by atoms with E-state index in [0.29, 0.717) is 26.2 Å². The van der Waals surface area contributed by atoms with Crippen molar-refractivity contribution >= 4 is 153 Å². The highest BCUT2D eigenvalue weighted by molar-refractivity contribution is 8.43. The second kappa shape index (κ2) is 14.7. The van der Waals surface area contributed by atoms with Crippen LogP contribution in [0, 0.1) is 0 Å². The lowest BCUT2D eigenvalue weighted by Gasteiger charge is -2.49. The molecule has 278 valence electrons. The van der Waals surface area contributed by atoms with Crippen LogP contribution in [-0.2, 0) is 11.3 Å². The van der Waals surface area contributed by atoms with Crippen molar-refractivity contribution in [1.29, 1.82) is 0 Å². The van der Waals surface area contributed by atoms with Crippen molar-refractivity contribution in [1.82, 2.24) is 19.6 Å². The van der Waals surface area contributed by atoms with E-state index in [9.17, 15) is 0 Å². The van der Waals surface area contributed by atoms with Crippen molar-refractivity contribution in [3.8, 4) is 0 Å². The summed E-state index contributed by atoms with van der Waals surface area (Å²) >= 11 is 21.8. The molecule has 0 bridgehead atoms. The number of hydrogen-bond acceptors (Lipinski definition) is 14. The summed E-state index contributed by atoms with van der Waals surface area (Å²) in [7, 11) is 0. The molecule has 18 heteroatoms. The van der Waals surface area contributed by atoms with Gasteiger partial charge in [0.1, 0.15) is 0 Å². The number of hydrogen-bond donors (Lipinski definition) is 0. The fourth-order valence-electron chi connectivity index (χ4n) is 8.14. The van der Waals surface area contributed by atoms with E-state index in [1.807, 2.05) is 83.4 Å². The molecular weight excluding hydrogens is 905 g/mol. The first kappa shape index (κ1) is 37.9. The summed E-state index contributed by atoms with van der Waals surface area (Å²) < 4.78 is 10.5. The standard InChI is InChI=1S/C36H30N4O2S12/c1-43-25-26(44-2)52-31(51-25)29-47-21-15-37-33(41)39-17-23-24(50-30(49-23)32-53-27(45-3)28(46-4)54-32)18-40-34(42)38(16-22(21)48-29)35(37,19-11-7-5-8-12-19)36(39,40)20-13-9-6-10-14-20/h5-14H,15-18H2,1-4H3. The molecule has 0 aromatic heterocycles. The lowest BCUT2D eigenvalue weighted by molar-refractivity contribution is -0.0613. The summed E-state index contributed by atoms with van der Waals surface area (Å²) in [4.78, 5) is 44.2. The van der Waals surface area contributed by atoms with Gasteiger partial charge in [-0.25, -0.2) is 9.59 Å². The van der Waals surface area contributed by atoms with Gasteiger partial charge in [0, 0.05) is 30.7 Å². The lowest BCUT2D eigenvalue weighted by atomic mass is 9.79. The van der Waals surface area contributed by atoms with Crippen LogP contribution in [0.4, 0.5) is 9.59 Å². The monoisotopic (exact) mass is 934 g/mol. The van der Waals surface area contributed by atoms with Crippen molar-refractivity contribution in [3.05, 3.63) is 125 Å². The Morgan fingerprint density at radius 1 is 0.426 bits per heavy atom. The van der Waals surface area contributed by atoms with Crippen molar-refractivity contribution in [3.63, 3.8) is 0 Å². The zero-order valence-electron chi connectivity index (χ0n) is 29.1. The first-order valence-electron chi connectivity index (χ1n) is 16.7. The van der Waals surface area contributed by atoms with Crippen LogP contribution in [0.15, 0.2) is 114 Å². The molecule has 2 aromatic carbocycles. The minimum atomic E-state index is -1.10. The molecule has 8 heterocycles. The molecule has 6 nitrogen and oxygen atoms in total. The number of carbonyl (C=O) groups excluding carboxylic acids is 2. The summed E-state index contributed by atoms with van der Waals surface area (Å²) in [5, 5.41) is 0. The van der Waals surface area contributed by atoms with Crippen LogP contribution in [0.5, 0.6) is 0 Å². The van der Waals surface area contributed by atoms with Gasteiger partial charge in [-0.05, 0) is 25.0 Å². The van der Waals surface area contributed by atoms with E-state index < -0.39 is 11.3 Å². The molecule has 8 aliphatic heterocycles. The molecule has 0 spiro atoms. The van der Waals surface area contributed by atoms with Crippen LogP contribution in [0.25, 0.3) is 0 Å². The minimum absolute atomic E-state index is 0.0349. The van der Waals surface area contributed by atoms with Gasteiger partial charge in [0.05, 0.1) is 60.1 Å². The zero-order valence-corrected chi connectivity index (χ0v) is 38.9. The summed E-state index contributed by atoms with van der Waals surface area (Å²) in [6.07, 6.45) is 8.58. The quantitative estimate of drug-likeness (QED) is 0.276. The van der Waals surface area contributed by atoms with Gasteiger partial charge in [0.25, 0.3) is 0 Å². The van der Waals surface area contributed by atoms with E-state index in [0.717, 1.165) is 11.1 Å². The average Bonchev–Trinajstić information content (AvgIpc) is 4.03. The molecule has 2 saturated heterocycles. The Kier molecular flexibility index (Phi) is 10.3. The molecule has 4 amide bonds. The van der Waals surface area contributed by atoms with Gasteiger partial charge in [-0.15, -0.1) is 47.0 Å². The third-order valence-corrected chi connectivity index (χ3v) is 27.0. The smallest absolute Gasteiger partial charge is 0.288 e. The molecule has 0 unspecified atom stereocenters. The fraction of sp³-hybridized carbons (Fsp3) is 0.278. The van der Waals surface area contributed by atoms with E-state index in [1.165, 1.54) is 53.5 Å². The molecule has 0 aliphatic carbocycles. The Morgan fingerprint density at radius 2 is 0.685 bits per heavy atom. The normalized spacial score (nSPS) is 27.8. The molecule has 54 heavy (non-hydrogen) atoms. The maximum atomic E-state index is 15.6. The number of rotatable bonds is 6. The maximum absolute atomic E-state index is 15.6. The summed E-state index contributed by atoms with van der Waals surface area (Å²) in [5.41, 5.74) is -0.284. The first-order chi connectivity index (χ1) is 26.4. The Balaban J connectivity index is 1.11. The minimum Gasteiger partial charge on any atom is -0.288 e. The molecular formula is C36H30N4O2S12. The van der Waals surface area contributed by atoms with Gasteiger partial charge < -0.3 is 0 Å². The molecule has 2 aromatic rings. The molecule has 0 atom stereocenters. The Hall–Kier alpha value is -0.380. The number of nitrogens with zero attached hydrogens (tertiary/aromatic N) is 4. The lowest BCUT2D eigenvalue weighted by Crippen LogP contribution is -2.63. The van der Waals surface area contributed by atoms with E-state index in [-0.39, 0.29) is 12.1 Å². The number of amides is 4. The van der Waals surface area contributed by atoms with Crippen molar-refractivity contribution < 1.29 is 9.59 Å². The summed E-state index contributed by atoms with van der Waals surface area (Å²) in [5.74, 6) is 0. The molecule has 0 N–H and O–H groups in total. The third-order valence-electron chi connectivity index (χ3n) is 10.2. The van der Waals surface area contributed by atoms with Crippen LogP contribution >= 0.6 is 141 Å². The van der Waals surface area contributed by atoms with Crippen LogP contribution in [0.3, 0.4) is 0 Å². The maximum Gasteiger partial charge on any atom is 0.325 e. The fourth-order valence-corrected chi connectivity index (χ4v) is 24.2. The summed E-state index contributed by atoms with van der Waals surface area (Å²) in [6.45, 7) is 1.74. The Bertz CT molecular complexity index is 1970. The largest absolute Gasteiger partial charge is 0.325 e. The van der Waals surface area contributed by atoms with Crippen molar-refractivity contribution in [2.24, 2.45) is 0 Å². The van der Waals surface area contributed by atoms with E-state index in [4.69, 9.17) is 0 Å². The van der Waals surface area contributed by atoms with E-state index in [1.54, 1.807) is 94.1 Å². The second-order valence-electron chi connectivity index (χ2n) is 12.6. The number of carbonyl (C=O) groups is 2. The highest BCUT2D eigenvalue weighted by Crippen LogP contribution is 2.70. The van der Waals surface area contributed by atoms with Gasteiger partial charge in [-0.1, -0.05) is 155 Å². The van der Waals surface area contributed by atoms with Gasteiger partial charge in [0.2, 0.25) is 0 Å². The number of thioether (sulfide) groups is 12. The Labute approximate surface area is 366 Å². The number of benzene rings is 2. The second-order valence-corrected chi connectivity index (χ2v) is 26.4. The first-order valence-corrected chi connectivity index (χ1v) is 28.1. The van der Waals surface area contributed by atoms with Gasteiger partial charge in [0.15, 0.2) is 11.3 Å². The van der Waals surface area contributed by atoms with E-state index >= 15 is 9.59 Å². The van der Waals surface area contributed by atoms with Crippen molar-refractivity contribution in [2.75, 3.05) is 51.2 Å². The van der Waals surface area contributed by atoms with Crippen LogP contribution in [0.2, 0.25) is 0 Å². The average molecular weight is 935 g/mol. The predicted molar refractivity (Wildman–Crippen MR) is 251 cm³/mol. The Morgan fingerprint density at radius 3 is 0.944 bits per heavy atom. The molecule has 2 fully saturated rings. The number of urea groups is 2.